The Morgan fingerprint density at radius 1 is 1.04 bits per heavy atom. The minimum absolute atomic E-state index is 0.243. The third-order valence-electron chi connectivity index (χ3n) is 4.15. The molecule has 3 aromatic carbocycles. The minimum Gasteiger partial charge on any atom is -0.338 e. The topological polar surface area (TPSA) is 57.8 Å². The average Bonchev–Trinajstić information content (AvgIpc) is 3.05. The van der Waals surface area contributed by atoms with Gasteiger partial charge >= 0.3 is 0 Å². The summed E-state index contributed by atoms with van der Waals surface area (Å²) in [6.07, 6.45) is 0. The number of hydrogen-bond donors (Lipinski definition) is 2. The Balaban J connectivity index is 1.64. The Hall–Kier alpha value is -3.11. The quantitative estimate of drug-likeness (QED) is 0.510. The van der Waals surface area contributed by atoms with E-state index in [1.54, 1.807) is 24.3 Å². The molecule has 0 bridgehead atoms. The first-order valence-electron chi connectivity index (χ1n) is 8.23. The van der Waals surface area contributed by atoms with E-state index in [9.17, 15) is 4.79 Å². The van der Waals surface area contributed by atoms with Crippen molar-refractivity contribution >= 4 is 34.2 Å². The van der Waals surface area contributed by atoms with Gasteiger partial charge in [-0.15, -0.1) is 0 Å². The van der Waals surface area contributed by atoms with Gasteiger partial charge in [-0.25, -0.2) is 4.98 Å². The molecule has 4 nitrogen and oxygen atoms in total. The Kier molecular flexibility index (Phi) is 4.19. The number of halogens is 1. The molecule has 0 unspecified atom stereocenters. The number of carbonyl (C=O) groups is 1. The number of aryl methyl sites for hydroxylation is 1. The minimum atomic E-state index is -0.243. The molecule has 4 aromatic rings. The van der Waals surface area contributed by atoms with E-state index < -0.39 is 0 Å². The molecule has 1 amide bonds. The molecule has 1 aromatic heterocycles. The number of H-pyrrole nitrogens is 1. The van der Waals surface area contributed by atoms with E-state index in [1.165, 1.54) is 5.56 Å². The highest BCUT2D eigenvalue weighted by molar-refractivity contribution is 6.34. The fourth-order valence-electron chi connectivity index (χ4n) is 2.85. The molecule has 26 heavy (non-hydrogen) atoms. The second-order valence-electron chi connectivity index (χ2n) is 6.12. The van der Waals surface area contributed by atoms with E-state index in [4.69, 9.17) is 11.6 Å². The Morgan fingerprint density at radius 3 is 2.73 bits per heavy atom. The van der Waals surface area contributed by atoms with Crippen molar-refractivity contribution in [2.75, 3.05) is 5.32 Å². The molecule has 2 N–H and O–H groups in total. The lowest BCUT2D eigenvalue weighted by Gasteiger charge is -2.07. The van der Waals surface area contributed by atoms with Crippen LogP contribution in [0.25, 0.3) is 22.4 Å². The number of rotatable bonds is 3. The van der Waals surface area contributed by atoms with E-state index in [2.05, 4.69) is 21.4 Å². The van der Waals surface area contributed by atoms with Crippen molar-refractivity contribution in [2.24, 2.45) is 0 Å². The second-order valence-corrected chi connectivity index (χ2v) is 6.53. The predicted molar refractivity (Wildman–Crippen MR) is 106 cm³/mol. The van der Waals surface area contributed by atoms with Gasteiger partial charge in [0.1, 0.15) is 5.82 Å². The van der Waals surface area contributed by atoms with E-state index >= 15 is 0 Å². The zero-order chi connectivity index (χ0) is 18.1. The lowest BCUT2D eigenvalue weighted by atomic mass is 10.1. The number of hydrogen-bond acceptors (Lipinski definition) is 2. The fraction of sp³-hybridized carbons (Fsp3) is 0.0476. The summed E-state index contributed by atoms with van der Waals surface area (Å²) in [5.74, 6) is 0.521. The van der Waals surface area contributed by atoms with Crippen LogP contribution in [0.3, 0.4) is 0 Å². The average molecular weight is 362 g/mol. The van der Waals surface area contributed by atoms with E-state index in [0.29, 0.717) is 16.3 Å². The largest absolute Gasteiger partial charge is 0.338 e. The molecule has 0 saturated heterocycles. The van der Waals surface area contributed by atoms with Crippen molar-refractivity contribution in [3.8, 4) is 11.4 Å². The molecule has 0 atom stereocenters. The summed E-state index contributed by atoms with van der Waals surface area (Å²) in [7, 11) is 0. The molecule has 0 aliphatic heterocycles. The number of amides is 1. The van der Waals surface area contributed by atoms with Gasteiger partial charge in [0.15, 0.2) is 0 Å². The predicted octanol–water partition coefficient (Wildman–Crippen LogP) is 5.44. The van der Waals surface area contributed by atoms with Crippen molar-refractivity contribution < 1.29 is 4.79 Å². The summed E-state index contributed by atoms with van der Waals surface area (Å²) < 4.78 is 0. The van der Waals surface area contributed by atoms with Gasteiger partial charge in [0.05, 0.1) is 21.6 Å². The number of nitrogens with zero attached hydrogens (tertiary/aromatic N) is 1. The summed E-state index contributed by atoms with van der Waals surface area (Å²) in [6.45, 7) is 2.05. The van der Waals surface area contributed by atoms with Gasteiger partial charge in [0, 0.05) is 11.3 Å². The van der Waals surface area contributed by atoms with Gasteiger partial charge in [-0.1, -0.05) is 41.9 Å². The number of aromatic nitrogens is 2. The maximum Gasteiger partial charge on any atom is 0.257 e. The van der Waals surface area contributed by atoms with Gasteiger partial charge in [0.2, 0.25) is 0 Å². The monoisotopic (exact) mass is 361 g/mol. The van der Waals surface area contributed by atoms with Crippen molar-refractivity contribution in [3.63, 3.8) is 0 Å². The van der Waals surface area contributed by atoms with E-state index in [0.717, 1.165) is 22.4 Å². The maximum absolute atomic E-state index is 12.4. The van der Waals surface area contributed by atoms with Crippen molar-refractivity contribution in [2.45, 2.75) is 6.92 Å². The van der Waals surface area contributed by atoms with Crippen LogP contribution in [0.5, 0.6) is 0 Å². The summed E-state index contributed by atoms with van der Waals surface area (Å²) in [6, 6.07) is 20.6. The number of nitrogens with one attached hydrogen (secondary N) is 2. The molecule has 0 radical (unpaired) electrons. The summed E-state index contributed by atoms with van der Waals surface area (Å²) in [4.78, 5) is 20.4. The van der Waals surface area contributed by atoms with Crippen LogP contribution in [-0.2, 0) is 0 Å². The maximum atomic E-state index is 12.4. The first-order valence-corrected chi connectivity index (χ1v) is 8.61. The number of carbonyl (C=O) groups excluding carboxylic acids is 1. The molecule has 128 valence electrons. The Labute approximate surface area is 155 Å². The van der Waals surface area contributed by atoms with Crippen LogP contribution in [0.1, 0.15) is 15.9 Å². The van der Waals surface area contributed by atoms with Crippen LogP contribution in [0, 0.1) is 6.92 Å². The van der Waals surface area contributed by atoms with Crippen molar-refractivity contribution in [1.29, 1.82) is 0 Å². The highest BCUT2D eigenvalue weighted by atomic mass is 35.5. The number of anilines is 1. The molecule has 1 heterocycles. The number of fused-ring (bicyclic) bond motifs is 1. The number of aromatic amines is 1. The first kappa shape index (κ1) is 16.4. The highest BCUT2D eigenvalue weighted by Crippen LogP contribution is 2.24. The van der Waals surface area contributed by atoms with Gasteiger partial charge in [-0.2, -0.15) is 0 Å². The molecule has 0 aliphatic rings. The van der Waals surface area contributed by atoms with Crippen molar-refractivity contribution in [3.05, 3.63) is 82.9 Å². The smallest absolute Gasteiger partial charge is 0.257 e. The summed E-state index contributed by atoms with van der Waals surface area (Å²) in [5.41, 5.74) is 5.11. The summed E-state index contributed by atoms with van der Waals surface area (Å²) in [5, 5.41) is 3.31. The lowest BCUT2D eigenvalue weighted by molar-refractivity contribution is 0.102. The molecular weight excluding hydrogens is 346 g/mol. The van der Waals surface area contributed by atoms with Crippen LogP contribution in [0.4, 0.5) is 5.69 Å². The fourth-order valence-corrected chi connectivity index (χ4v) is 3.07. The summed E-state index contributed by atoms with van der Waals surface area (Å²) >= 11 is 6.09. The third kappa shape index (κ3) is 3.19. The molecule has 0 saturated carbocycles. The zero-order valence-electron chi connectivity index (χ0n) is 14.1. The SMILES string of the molecule is Cc1ccc2nc(-c3cccc(NC(=O)c4ccccc4Cl)c3)[nH]c2c1. The van der Waals surface area contributed by atoms with E-state index in [1.807, 2.05) is 43.3 Å². The van der Waals surface area contributed by atoms with Gasteiger partial charge < -0.3 is 10.3 Å². The Morgan fingerprint density at radius 2 is 1.88 bits per heavy atom. The molecule has 0 aliphatic carbocycles. The first-order chi connectivity index (χ1) is 12.6. The normalized spacial score (nSPS) is 10.8. The van der Waals surface area contributed by atoms with E-state index in [-0.39, 0.29) is 5.91 Å². The molecule has 4 rings (SSSR count). The standard InChI is InChI=1S/C21H16ClN3O/c1-13-9-10-18-19(11-13)25-20(24-18)14-5-4-6-15(12-14)23-21(26)16-7-2-3-8-17(16)22/h2-12H,1H3,(H,23,26)(H,24,25). The van der Waals surface area contributed by atoms with Gasteiger partial charge in [-0.3, -0.25) is 4.79 Å². The van der Waals surface area contributed by atoms with Gasteiger partial charge in [0.25, 0.3) is 5.91 Å². The molecule has 5 heteroatoms. The molecule has 0 fully saturated rings. The number of benzene rings is 3. The van der Waals surface area contributed by atoms with Crippen LogP contribution in [0.15, 0.2) is 66.7 Å². The van der Waals surface area contributed by atoms with Crippen LogP contribution in [0.2, 0.25) is 5.02 Å². The lowest BCUT2D eigenvalue weighted by Crippen LogP contribution is -2.12. The zero-order valence-corrected chi connectivity index (χ0v) is 14.8. The molecule has 0 spiro atoms. The third-order valence-corrected chi connectivity index (χ3v) is 4.48. The molecular formula is C21H16ClN3O. The number of imidazole rings is 1. The van der Waals surface area contributed by atoms with Crippen molar-refractivity contribution in [1.82, 2.24) is 9.97 Å². The van der Waals surface area contributed by atoms with Gasteiger partial charge in [-0.05, 0) is 48.9 Å². The highest BCUT2D eigenvalue weighted by Gasteiger charge is 2.11. The Bertz CT molecular complexity index is 1120. The van der Waals surface area contributed by atoms with Crippen LogP contribution in [-0.4, -0.2) is 15.9 Å². The van der Waals surface area contributed by atoms with Crippen LogP contribution < -0.4 is 5.32 Å². The van der Waals surface area contributed by atoms with Crippen LogP contribution >= 0.6 is 11.6 Å². The second kappa shape index (κ2) is 6.65.